The molecule has 1 aromatic carbocycles. The minimum Gasteiger partial charge on any atom is -0.357 e. The monoisotopic (exact) mass is 476 g/mol. The molecule has 2 rings (SSSR count). The van der Waals surface area contributed by atoms with Crippen LogP contribution in [0.4, 0.5) is 0 Å². The van der Waals surface area contributed by atoms with E-state index in [0.29, 0.717) is 19.5 Å². The van der Waals surface area contributed by atoms with Gasteiger partial charge in [-0.15, -0.1) is 24.0 Å². The number of nitrogens with zero attached hydrogens (tertiary/aromatic N) is 2. The summed E-state index contributed by atoms with van der Waals surface area (Å²) in [5, 5.41) is 6.62. The lowest BCUT2D eigenvalue weighted by atomic mass is 10.1. The summed E-state index contributed by atoms with van der Waals surface area (Å²) in [6.07, 6.45) is 3.76. The Labute approximate surface area is 172 Å². The molecule has 0 atom stereocenters. The predicted octanol–water partition coefficient (Wildman–Crippen LogP) is 2.85. The fourth-order valence-electron chi connectivity index (χ4n) is 2.72. The number of carbonyl (C=O) groups excluding carboxylic acids is 1. The molecule has 0 bridgehead atoms. The summed E-state index contributed by atoms with van der Waals surface area (Å²) < 4.78 is 0. The molecule has 1 aliphatic rings. The quantitative estimate of drug-likeness (QED) is 0.262. The van der Waals surface area contributed by atoms with Crippen molar-refractivity contribution in [2.75, 3.05) is 31.6 Å². The number of aliphatic imine (C=N–C) groups is 1. The topological polar surface area (TPSA) is 56.7 Å². The van der Waals surface area contributed by atoms with Gasteiger partial charge in [0.1, 0.15) is 0 Å². The highest BCUT2D eigenvalue weighted by Gasteiger charge is 2.20. The highest BCUT2D eigenvalue weighted by molar-refractivity contribution is 14.0. The lowest BCUT2D eigenvalue weighted by molar-refractivity contribution is -0.128. The first-order valence-electron chi connectivity index (χ1n) is 8.60. The van der Waals surface area contributed by atoms with E-state index in [4.69, 9.17) is 4.99 Å². The molecule has 0 aromatic heterocycles. The first-order valence-corrected chi connectivity index (χ1v) is 9.99. The molecule has 0 aliphatic carbocycles. The van der Waals surface area contributed by atoms with Crippen molar-refractivity contribution in [1.29, 1.82) is 0 Å². The lowest BCUT2D eigenvalue weighted by Crippen LogP contribution is -2.38. The van der Waals surface area contributed by atoms with Crippen molar-refractivity contribution in [3.8, 4) is 0 Å². The lowest BCUT2D eigenvalue weighted by Gasteiger charge is -2.18. The number of benzene rings is 1. The standard InChI is InChI=1S/C18H28N4OS.HI/c1-3-19-18(20-10-12-24-2)21-13-15-7-4-5-8-16(15)14-22-11-6-9-17(22)23;/h4-5,7-8H,3,6,9-14H2,1-2H3,(H2,19,20,21);1H. The van der Waals surface area contributed by atoms with Crippen LogP contribution in [0.25, 0.3) is 0 Å². The zero-order chi connectivity index (χ0) is 17.2. The van der Waals surface area contributed by atoms with Gasteiger partial charge in [-0.25, -0.2) is 4.99 Å². The van der Waals surface area contributed by atoms with Crippen LogP contribution in [0.15, 0.2) is 29.3 Å². The highest BCUT2D eigenvalue weighted by atomic mass is 127. The molecule has 0 radical (unpaired) electrons. The van der Waals surface area contributed by atoms with E-state index >= 15 is 0 Å². The van der Waals surface area contributed by atoms with Crippen LogP contribution in [0.5, 0.6) is 0 Å². The Balaban J connectivity index is 0.00000312. The minimum absolute atomic E-state index is 0. The van der Waals surface area contributed by atoms with Gasteiger partial charge in [-0.3, -0.25) is 4.79 Å². The number of halogens is 1. The van der Waals surface area contributed by atoms with Crippen molar-refractivity contribution in [3.63, 3.8) is 0 Å². The van der Waals surface area contributed by atoms with Gasteiger partial charge < -0.3 is 15.5 Å². The second kappa shape index (κ2) is 12.4. The summed E-state index contributed by atoms with van der Waals surface area (Å²) in [4.78, 5) is 18.5. The second-order valence-corrected chi connectivity index (χ2v) is 6.79. The van der Waals surface area contributed by atoms with E-state index in [1.165, 1.54) is 11.1 Å². The number of guanidine groups is 1. The van der Waals surface area contributed by atoms with Crippen molar-refractivity contribution in [3.05, 3.63) is 35.4 Å². The summed E-state index contributed by atoms with van der Waals surface area (Å²) in [5.74, 6) is 2.16. The summed E-state index contributed by atoms with van der Waals surface area (Å²) >= 11 is 1.81. The summed E-state index contributed by atoms with van der Waals surface area (Å²) in [7, 11) is 0. The van der Waals surface area contributed by atoms with E-state index in [-0.39, 0.29) is 29.9 Å². The maximum Gasteiger partial charge on any atom is 0.222 e. The van der Waals surface area contributed by atoms with Crippen molar-refractivity contribution in [1.82, 2.24) is 15.5 Å². The number of likely N-dealkylation sites (tertiary alicyclic amines) is 1. The molecule has 1 amide bonds. The van der Waals surface area contributed by atoms with E-state index in [9.17, 15) is 4.79 Å². The molecule has 1 aliphatic heterocycles. The third-order valence-electron chi connectivity index (χ3n) is 4.00. The average molecular weight is 476 g/mol. The van der Waals surface area contributed by atoms with Crippen molar-refractivity contribution in [2.45, 2.75) is 32.9 Å². The fraction of sp³-hybridized carbons (Fsp3) is 0.556. The Morgan fingerprint density at radius 3 is 2.68 bits per heavy atom. The van der Waals surface area contributed by atoms with Crippen LogP contribution in [0.3, 0.4) is 0 Å². The van der Waals surface area contributed by atoms with Crippen LogP contribution < -0.4 is 10.6 Å². The van der Waals surface area contributed by atoms with Gasteiger partial charge in [0, 0.05) is 38.4 Å². The summed E-state index contributed by atoms with van der Waals surface area (Å²) in [5.41, 5.74) is 2.37. The Bertz CT molecular complexity index is 568. The number of hydrogen-bond donors (Lipinski definition) is 2. The van der Waals surface area contributed by atoms with Gasteiger partial charge in [-0.05, 0) is 30.7 Å². The van der Waals surface area contributed by atoms with E-state index in [2.05, 4.69) is 35.9 Å². The van der Waals surface area contributed by atoms with E-state index in [0.717, 1.165) is 37.8 Å². The van der Waals surface area contributed by atoms with E-state index < -0.39 is 0 Å². The number of rotatable bonds is 8. The van der Waals surface area contributed by atoms with Crippen LogP contribution in [0.1, 0.15) is 30.9 Å². The minimum atomic E-state index is 0. The maximum atomic E-state index is 11.9. The molecule has 1 saturated heterocycles. The van der Waals surface area contributed by atoms with Crippen LogP contribution >= 0.6 is 35.7 Å². The van der Waals surface area contributed by atoms with Gasteiger partial charge in [0.2, 0.25) is 5.91 Å². The third-order valence-corrected chi connectivity index (χ3v) is 4.61. The molecule has 5 nitrogen and oxygen atoms in total. The molecule has 1 heterocycles. The van der Waals surface area contributed by atoms with Crippen molar-refractivity contribution in [2.24, 2.45) is 4.99 Å². The van der Waals surface area contributed by atoms with Gasteiger partial charge in [0.05, 0.1) is 6.54 Å². The van der Waals surface area contributed by atoms with Gasteiger partial charge in [0.25, 0.3) is 0 Å². The summed E-state index contributed by atoms with van der Waals surface area (Å²) in [6.45, 7) is 5.99. The van der Waals surface area contributed by atoms with Gasteiger partial charge in [-0.1, -0.05) is 24.3 Å². The molecule has 2 N–H and O–H groups in total. The zero-order valence-corrected chi connectivity index (χ0v) is 18.2. The van der Waals surface area contributed by atoms with E-state index in [1.807, 2.05) is 28.8 Å². The fourth-order valence-corrected chi connectivity index (χ4v) is 3.03. The third kappa shape index (κ3) is 7.43. The van der Waals surface area contributed by atoms with Crippen LogP contribution in [0.2, 0.25) is 0 Å². The molecule has 0 unspecified atom stereocenters. The highest BCUT2D eigenvalue weighted by Crippen LogP contribution is 2.17. The number of amides is 1. The smallest absolute Gasteiger partial charge is 0.222 e. The maximum absolute atomic E-state index is 11.9. The van der Waals surface area contributed by atoms with Crippen LogP contribution in [0, 0.1) is 0 Å². The first kappa shape index (κ1) is 22.1. The molecule has 7 heteroatoms. The molecule has 0 saturated carbocycles. The van der Waals surface area contributed by atoms with Crippen molar-refractivity contribution >= 4 is 47.6 Å². The number of thioether (sulfide) groups is 1. The van der Waals surface area contributed by atoms with Gasteiger partial charge in [-0.2, -0.15) is 11.8 Å². The molecule has 140 valence electrons. The largest absolute Gasteiger partial charge is 0.357 e. The van der Waals surface area contributed by atoms with E-state index in [1.54, 1.807) is 0 Å². The molecule has 1 fully saturated rings. The second-order valence-electron chi connectivity index (χ2n) is 5.80. The molecule has 1 aromatic rings. The predicted molar refractivity (Wildman–Crippen MR) is 118 cm³/mol. The normalized spacial score (nSPS) is 14.4. The number of hydrogen-bond acceptors (Lipinski definition) is 3. The Morgan fingerprint density at radius 1 is 1.28 bits per heavy atom. The van der Waals surface area contributed by atoms with Crippen LogP contribution in [-0.4, -0.2) is 48.4 Å². The number of carbonyl (C=O) groups is 1. The van der Waals surface area contributed by atoms with Gasteiger partial charge >= 0.3 is 0 Å². The molecular weight excluding hydrogens is 447 g/mol. The van der Waals surface area contributed by atoms with Gasteiger partial charge in [0.15, 0.2) is 5.96 Å². The molecule has 0 spiro atoms. The Kier molecular flexibility index (Phi) is 11.0. The average Bonchev–Trinajstić information content (AvgIpc) is 2.99. The Morgan fingerprint density at radius 2 is 2.04 bits per heavy atom. The molecular formula is C18H29IN4OS. The number of nitrogens with one attached hydrogen (secondary N) is 2. The zero-order valence-electron chi connectivity index (χ0n) is 15.1. The van der Waals surface area contributed by atoms with Crippen LogP contribution in [-0.2, 0) is 17.9 Å². The SMILES string of the molecule is CCNC(=NCc1ccccc1CN1CCCC1=O)NCCSC.I. The van der Waals surface area contributed by atoms with Crippen molar-refractivity contribution < 1.29 is 4.79 Å². The molecule has 25 heavy (non-hydrogen) atoms. The summed E-state index contributed by atoms with van der Waals surface area (Å²) in [6, 6.07) is 8.27. The first-order chi connectivity index (χ1) is 11.7. The Hall–Kier alpha value is -0.960.